The van der Waals surface area contributed by atoms with E-state index >= 15 is 0 Å². The maximum atomic E-state index is 8.74. The van der Waals surface area contributed by atoms with E-state index < -0.39 is 10.4 Å². The summed E-state index contributed by atoms with van der Waals surface area (Å²) in [5.74, 6) is 0.991. The van der Waals surface area contributed by atoms with E-state index in [1.807, 2.05) is 0 Å². The van der Waals surface area contributed by atoms with E-state index in [2.05, 4.69) is 5.32 Å². The third-order valence-electron chi connectivity index (χ3n) is 2.34. The number of hydrogen-bond acceptors (Lipinski definition) is 3. The van der Waals surface area contributed by atoms with Crippen molar-refractivity contribution >= 4 is 16.4 Å². The molecule has 0 heterocycles. The Kier molecular flexibility index (Phi) is 7.02. The molecule has 0 atom stereocenters. The predicted molar refractivity (Wildman–Crippen MR) is 60.7 cm³/mol. The lowest BCUT2D eigenvalue weighted by atomic mass is 10.0. The average Bonchev–Trinajstić information content (AvgIpc) is 2.52. The van der Waals surface area contributed by atoms with Crippen LogP contribution in [0.5, 0.6) is 0 Å². The van der Waals surface area contributed by atoms with E-state index in [1.54, 1.807) is 0 Å². The van der Waals surface area contributed by atoms with E-state index in [4.69, 9.17) is 28.7 Å². The Balaban J connectivity index is 0.000000385. The fourth-order valence-electron chi connectivity index (χ4n) is 1.71. The third-order valence-corrected chi connectivity index (χ3v) is 2.34. The number of guanidine groups is 1. The first kappa shape index (κ1) is 15.1. The third kappa shape index (κ3) is 13.1. The Morgan fingerprint density at radius 3 is 2.19 bits per heavy atom. The molecule has 0 aromatic rings. The molecule has 7 nitrogen and oxygen atoms in total. The molecule has 8 heteroatoms. The summed E-state index contributed by atoms with van der Waals surface area (Å²) in [7, 11) is -4.67. The van der Waals surface area contributed by atoms with Crippen LogP contribution in [0.4, 0.5) is 0 Å². The van der Waals surface area contributed by atoms with Gasteiger partial charge in [-0.15, -0.1) is 0 Å². The van der Waals surface area contributed by atoms with Gasteiger partial charge in [-0.2, -0.15) is 8.42 Å². The van der Waals surface area contributed by atoms with Gasteiger partial charge < -0.3 is 11.1 Å². The number of nitrogens with one attached hydrogen (secondary N) is 2. The van der Waals surface area contributed by atoms with Crippen LogP contribution in [-0.4, -0.2) is 30.0 Å². The van der Waals surface area contributed by atoms with Gasteiger partial charge in [-0.05, 0) is 12.3 Å². The second-order valence-electron chi connectivity index (χ2n) is 3.73. The van der Waals surface area contributed by atoms with Crippen molar-refractivity contribution in [1.82, 2.24) is 5.32 Å². The molecule has 0 aromatic heterocycles. The van der Waals surface area contributed by atoms with E-state index in [0.29, 0.717) is 0 Å². The lowest BCUT2D eigenvalue weighted by molar-refractivity contribution is 0.381. The zero-order valence-electron chi connectivity index (χ0n) is 9.02. The minimum absolute atomic E-state index is 0.1000. The molecule has 1 fully saturated rings. The van der Waals surface area contributed by atoms with Crippen molar-refractivity contribution in [1.29, 1.82) is 5.41 Å². The van der Waals surface area contributed by atoms with E-state index in [9.17, 15) is 0 Å². The molecular formula is C8H19N3O4S. The molecule has 6 N–H and O–H groups in total. The van der Waals surface area contributed by atoms with Gasteiger partial charge in [-0.3, -0.25) is 14.5 Å². The van der Waals surface area contributed by atoms with Gasteiger partial charge in [-0.1, -0.05) is 25.7 Å². The van der Waals surface area contributed by atoms with Crippen molar-refractivity contribution in [3.8, 4) is 0 Å². The molecule has 1 rings (SSSR count). The average molecular weight is 253 g/mol. The maximum Gasteiger partial charge on any atom is 0.394 e. The summed E-state index contributed by atoms with van der Waals surface area (Å²) in [6.45, 7) is 0.875. The molecule has 1 aliphatic carbocycles. The standard InChI is InChI=1S/C8H17N3.H2O4S/c9-8(10)11-6-5-7-3-1-2-4-7;1-5(2,3)4/h7H,1-6H2,(H4,9,10,11);(H2,1,2,3,4). The monoisotopic (exact) mass is 253 g/mol. The molecule has 0 bridgehead atoms. The fourth-order valence-corrected chi connectivity index (χ4v) is 1.71. The van der Waals surface area contributed by atoms with Crippen molar-refractivity contribution < 1.29 is 17.5 Å². The summed E-state index contributed by atoms with van der Waals surface area (Å²) in [5.41, 5.74) is 5.15. The second kappa shape index (κ2) is 7.42. The smallest absolute Gasteiger partial charge is 0.370 e. The van der Waals surface area contributed by atoms with Crippen LogP contribution in [0.25, 0.3) is 0 Å². The molecular weight excluding hydrogens is 234 g/mol. The zero-order valence-corrected chi connectivity index (χ0v) is 9.83. The van der Waals surface area contributed by atoms with Crippen molar-refractivity contribution in [2.24, 2.45) is 11.7 Å². The highest BCUT2D eigenvalue weighted by Crippen LogP contribution is 2.26. The van der Waals surface area contributed by atoms with Gasteiger partial charge >= 0.3 is 10.4 Å². The first-order chi connectivity index (χ1) is 7.29. The van der Waals surface area contributed by atoms with Crippen LogP contribution in [0, 0.1) is 11.3 Å². The summed E-state index contributed by atoms with van der Waals surface area (Å²) >= 11 is 0. The summed E-state index contributed by atoms with van der Waals surface area (Å²) in [4.78, 5) is 0. The van der Waals surface area contributed by atoms with Gasteiger partial charge in [0.2, 0.25) is 0 Å². The molecule has 0 radical (unpaired) electrons. The Morgan fingerprint density at radius 2 is 1.81 bits per heavy atom. The SMILES string of the molecule is N=C(N)NCCC1CCCC1.O=S(=O)(O)O. The highest BCUT2D eigenvalue weighted by atomic mass is 32.3. The molecule has 0 saturated heterocycles. The number of rotatable bonds is 3. The van der Waals surface area contributed by atoms with Crippen LogP contribution in [0.2, 0.25) is 0 Å². The van der Waals surface area contributed by atoms with Crippen LogP contribution in [0.3, 0.4) is 0 Å². The first-order valence-electron chi connectivity index (χ1n) is 5.07. The van der Waals surface area contributed by atoms with Gasteiger partial charge in [0.25, 0.3) is 0 Å². The van der Waals surface area contributed by atoms with Crippen LogP contribution >= 0.6 is 0 Å². The van der Waals surface area contributed by atoms with E-state index in [-0.39, 0.29) is 5.96 Å². The molecule has 0 amide bonds. The van der Waals surface area contributed by atoms with Crippen LogP contribution in [0.1, 0.15) is 32.1 Å². The van der Waals surface area contributed by atoms with Crippen LogP contribution in [-0.2, 0) is 10.4 Å². The highest BCUT2D eigenvalue weighted by Gasteiger charge is 2.13. The first-order valence-corrected chi connectivity index (χ1v) is 6.46. The normalized spacial score (nSPS) is 16.4. The lowest BCUT2D eigenvalue weighted by Gasteiger charge is -2.08. The molecule has 0 unspecified atom stereocenters. The molecule has 0 aliphatic heterocycles. The Labute approximate surface area is 95.5 Å². The fraction of sp³-hybridized carbons (Fsp3) is 0.875. The van der Waals surface area contributed by atoms with Gasteiger partial charge in [-0.25, -0.2) is 0 Å². The summed E-state index contributed by atoms with van der Waals surface area (Å²) in [5, 5.41) is 9.77. The number of nitrogens with two attached hydrogens (primary N) is 1. The lowest BCUT2D eigenvalue weighted by Crippen LogP contribution is -2.31. The Hall–Kier alpha value is -0.860. The van der Waals surface area contributed by atoms with E-state index in [1.165, 1.54) is 32.1 Å². The molecule has 0 aromatic carbocycles. The molecule has 96 valence electrons. The van der Waals surface area contributed by atoms with Gasteiger partial charge in [0, 0.05) is 6.54 Å². The van der Waals surface area contributed by atoms with E-state index in [0.717, 1.165) is 12.5 Å². The zero-order chi connectivity index (χ0) is 12.6. The maximum absolute atomic E-state index is 8.74. The minimum atomic E-state index is -4.67. The van der Waals surface area contributed by atoms with Crippen molar-refractivity contribution in [3.63, 3.8) is 0 Å². The van der Waals surface area contributed by atoms with Gasteiger partial charge in [0.1, 0.15) is 0 Å². The van der Waals surface area contributed by atoms with Crippen molar-refractivity contribution in [2.75, 3.05) is 6.54 Å². The Bertz CT molecular complexity index is 290. The molecule has 0 spiro atoms. The second-order valence-corrected chi connectivity index (χ2v) is 4.62. The topological polar surface area (TPSA) is 136 Å². The molecule has 1 saturated carbocycles. The van der Waals surface area contributed by atoms with Crippen LogP contribution < -0.4 is 11.1 Å². The summed E-state index contributed by atoms with van der Waals surface area (Å²) < 4.78 is 31.6. The van der Waals surface area contributed by atoms with Gasteiger partial charge in [0.15, 0.2) is 5.96 Å². The molecule has 16 heavy (non-hydrogen) atoms. The van der Waals surface area contributed by atoms with Crippen LogP contribution in [0.15, 0.2) is 0 Å². The summed E-state index contributed by atoms with van der Waals surface area (Å²) in [6, 6.07) is 0. The van der Waals surface area contributed by atoms with Crippen molar-refractivity contribution in [3.05, 3.63) is 0 Å². The number of hydrogen-bond donors (Lipinski definition) is 5. The Morgan fingerprint density at radius 1 is 1.38 bits per heavy atom. The predicted octanol–water partition coefficient (Wildman–Crippen LogP) is 0.397. The van der Waals surface area contributed by atoms with Crippen molar-refractivity contribution in [2.45, 2.75) is 32.1 Å². The minimum Gasteiger partial charge on any atom is -0.370 e. The summed E-state index contributed by atoms with van der Waals surface area (Å²) in [6.07, 6.45) is 6.72. The largest absolute Gasteiger partial charge is 0.394 e. The molecule has 1 aliphatic rings. The van der Waals surface area contributed by atoms with Gasteiger partial charge in [0.05, 0.1) is 0 Å². The quantitative estimate of drug-likeness (QED) is 0.280. The highest BCUT2D eigenvalue weighted by molar-refractivity contribution is 7.79.